The van der Waals surface area contributed by atoms with Gasteiger partial charge in [-0.05, 0) is 80.8 Å². The Kier molecular flexibility index (Phi) is 10.4. The van der Waals surface area contributed by atoms with E-state index in [4.69, 9.17) is 5.73 Å². The average Bonchev–Trinajstić information content (AvgIpc) is 2.78. The summed E-state index contributed by atoms with van der Waals surface area (Å²) in [6, 6.07) is 16.1. The number of nitrogens with one attached hydrogen (secondary N) is 1. The van der Waals surface area contributed by atoms with Crippen molar-refractivity contribution in [2.24, 2.45) is 5.73 Å². The molecule has 0 saturated carbocycles. The summed E-state index contributed by atoms with van der Waals surface area (Å²) < 4.78 is 25.7. The lowest BCUT2D eigenvalue weighted by Crippen LogP contribution is -2.45. The van der Waals surface area contributed by atoms with Gasteiger partial charge in [0, 0.05) is 11.6 Å². The van der Waals surface area contributed by atoms with Crippen molar-refractivity contribution in [3.63, 3.8) is 0 Å². The highest BCUT2D eigenvalue weighted by Gasteiger charge is 2.25. The molecule has 0 spiro atoms. The third-order valence-corrected chi connectivity index (χ3v) is 8.27. The molecule has 0 amide bonds. The van der Waals surface area contributed by atoms with Crippen LogP contribution in [0.1, 0.15) is 82.5 Å². The summed E-state index contributed by atoms with van der Waals surface area (Å²) in [5.41, 5.74) is 9.45. The first-order valence-electron chi connectivity index (χ1n) is 12.1. The molecule has 2 unspecified atom stereocenters. The predicted molar refractivity (Wildman–Crippen MR) is 136 cm³/mol. The molecule has 0 aliphatic carbocycles. The van der Waals surface area contributed by atoms with Gasteiger partial charge in [-0.15, -0.1) is 0 Å². The van der Waals surface area contributed by atoms with Gasteiger partial charge in [0.15, 0.2) is 9.84 Å². The third-order valence-electron chi connectivity index (χ3n) is 6.46. The van der Waals surface area contributed by atoms with E-state index >= 15 is 0 Å². The van der Waals surface area contributed by atoms with Crippen molar-refractivity contribution in [3.8, 4) is 0 Å². The second kappa shape index (κ2) is 12.5. The molecule has 178 valence electrons. The summed E-state index contributed by atoms with van der Waals surface area (Å²) >= 11 is 0. The number of sulfone groups is 1. The smallest absolute Gasteiger partial charge is 0.178 e. The molecule has 0 bridgehead atoms. The molecule has 0 radical (unpaired) electrons. The average molecular weight is 459 g/mol. The summed E-state index contributed by atoms with van der Waals surface area (Å²) in [6.07, 6.45) is 6.44. The maximum absolute atomic E-state index is 12.9. The molecule has 0 aliphatic rings. The molecule has 3 N–H and O–H groups in total. The molecule has 2 rings (SSSR count). The minimum atomic E-state index is -3.29. The van der Waals surface area contributed by atoms with Gasteiger partial charge in [0.05, 0.1) is 10.6 Å². The molecule has 2 aromatic rings. The van der Waals surface area contributed by atoms with Gasteiger partial charge in [-0.25, -0.2) is 8.42 Å². The Morgan fingerprint density at radius 1 is 1.00 bits per heavy atom. The Labute approximate surface area is 195 Å². The molecular formula is C27H42N2O2S. The largest absolute Gasteiger partial charge is 0.330 e. The van der Waals surface area contributed by atoms with Crippen LogP contribution in [-0.4, -0.2) is 26.3 Å². The van der Waals surface area contributed by atoms with Crippen LogP contribution in [0.5, 0.6) is 0 Å². The summed E-state index contributed by atoms with van der Waals surface area (Å²) in [5.74, 6) is 0.171. The standard InChI is InChI=1S/C27H42N2O2S/c1-5-10-22-11-8-12-23(21-22)13-9-20-32(30,31)25-16-14-24(15-17-25)26(6-2)29-27(4,7-3)18-19-28/h8,11-12,14-17,21,26,29H,5-7,9-10,13,18-20,28H2,1-4H3. The van der Waals surface area contributed by atoms with E-state index in [0.717, 1.165) is 44.1 Å². The highest BCUT2D eigenvalue weighted by molar-refractivity contribution is 7.91. The topological polar surface area (TPSA) is 72.2 Å². The van der Waals surface area contributed by atoms with Crippen LogP contribution in [0.2, 0.25) is 0 Å². The normalized spacial score (nSPS) is 14.8. The van der Waals surface area contributed by atoms with E-state index in [-0.39, 0.29) is 17.3 Å². The van der Waals surface area contributed by atoms with Gasteiger partial charge >= 0.3 is 0 Å². The fourth-order valence-electron chi connectivity index (χ4n) is 4.23. The summed E-state index contributed by atoms with van der Waals surface area (Å²) in [6.45, 7) is 9.35. The maximum atomic E-state index is 12.9. The second-order valence-electron chi connectivity index (χ2n) is 9.12. The number of hydrogen-bond acceptors (Lipinski definition) is 4. The zero-order valence-corrected chi connectivity index (χ0v) is 21.2. The SMILES string of the molecule is CCCc1cccc(CCCS(=O)(=O)c2ccc(C(CC)NC(C)(CC)CCN)cc2)c1. The highest BCUT2D eigenvalue weighted by Crippen LogP contribution is 2.25. The van der Waals surface area contributed by atoms with E-state index in [1.165, 1.54) is 11.1 Å². The second-order valence-corrected chi connectivity index (χ2v) is 11.2. The van der Waals surface area contributed by atoms with Crippen molar-refractivity contribution in [3.05, 3.63) is 65.2 Å². The van der Waals surface area contributed by atoms with Crippen LogP contribution >= 0.6 is 0 Å². The molecule has 2 aromatic carbocycles. The Balaban J connectivity index is 2.01. The summed E-state index contributed by atoms with van der Waals surface area (Å²) in [4.78, 5) is 0.413. The Morgan fingerprint density at radius 3 is 2.22 bits per heavy atom. The summed E-state index contributed by atoms with van der Waals surface area (Å²) in [7, 11) is -3.29. The number of hydrogen-bond donors (Lipinski definition) is 2. The molecule has 4 nitrogen and oxygen atoms in total. The Hall–Kier alpha value is -1.69. The van der Waals surface area contributed by atoms with Crippen molar-refractivity contribution in [2.75, 3.05) is 12.3 Å². The predicted octanol–water partition coefficient (Wildman–Crippen LogP) is 5.60. The van der Waals surface area contributed by atoms with Crippen LogP contribution in [0, 0.1) is 0 Å². The van der Waals surface area contributed by atoms with E-state index in [1.54, 1.807) is 12.1 Å². The molecule has 0 heterocycles. The maximum Gasteiger partial charge on any atom is 0.178 e. The first-order chi connectivity index (χ1) is 15.3. The minimum absolute atomic E-state index is 0.0192. The highest BCUT2D eigenvalue weighted by atomic mass is 32.2. The quantitative estimate of drug-likeness (QED) is 0.386. The van der Waals surface area contributed by atoms with Crippen LogP contribution in [-0.2, 0) is 22.7 Å². The van der Waals surface area contributed by atoms with Gasteiger partial charge in [0.1, 0.15) is 0 Å². The van der Waals surface area contributed by atoms with Gasteiger partial charge in [-0.1, -0.05) is 63.6 Å². The molecule has 0 fully saturated rings. The van der Waals surface area contributed by atoms with E-state index in [9.17, 15) is 8.42 Å². The van der Waals surface area contributed by atoms with Crippen molar-refractivity contribution < 1.29 is 8.42 Å². The fourth-order valence-corrected chi connectivity index (χ4v) is 5.54. The summed E-state index contributed by atoms with van der Waals surface area (Å²) in [5, 5.41) is 3.74. The van der Waals surface area contributed by atoms with Crippen LogP contribution in [0.25, 0.3) is 0 Å². The Morgan fingerprint density at radius 2 is 1.66 bits per heavy atom. The third kappa shape index (κ3) is 7.72. The van der Waals surface area contributed by atoms with Gasteiger partial charge in [-0.3, -0.25) is 0 Å². The number of aryl methyl sites for hydroxylation is 2. The number of nitrogens with two attached hydrogens (primary N) is 1. The van der Waals surface area contributed by atoms with E-state index in [1.807, 2.05) is 12.1 Å². The van der Waals surface area contributed by atoms with E-state index < -0.39 is 9.84 Å². The van der Waals surface area contributed by atoms with Crippen molar-refractivity contribution in [1.82, 2.24) is 5.32 Å². The zero-order valence-electron chi connectivity index (χ0n) is 20.4. The lowest BCUT2D eigenvalue weighted by Gasteiger charge is -2.34. The number of rotatable bonds is 14. The van der Waals surface area contributed by atoms with E-state index in [2.05, 4.69) is 57.3 Å². The molecule has 5 heteroatoms. The van der Waals surface area contributed by atoms with Crippen LogP contribution in [0.4, 0.5) is 0 Å². The molecule has 2 atom stereocenters. The van der Waals surface area contributed by atoms with Crippen LogP contribution < -0.4 is 11.1 Å². The molecule has 0 aromatic heterocycles. The van der Waals surface area contributed by atoms with Gasteiger partial charge in [-0.2, -0.15) is 0 Å². The number of benzene rings is 2. The lowest BCUT2D eigenvalue weighted by molar-refractivity contribution is 0.280. The zero-order chi connectivity index (χ0) is 23.6. The van der Waals surface area contributed by atoms with Crippen molar-refractivity contribution >= 4 is 9.84 Å². The molecule has 0 saturated heterocycles. The fraction of sp³-hybridized carbons (Fsp3) is 0.556. The van der Waals surface area contributed by atoms with Gasteiger partial charge in [0.2, 0.25) is 0 Å². The molecular weight excluding hydrogens is 416 g/mol. The molecule has 32 heavy (non-hydrogen) atoms. The van der Waals surface area contributed by atoms with Crippen molar-refractivity contribution in [1.29, 1.82) is 0 Å². The first kappa shape index (κ1) is 26.6. The molecule has 0 aliphatic heterocycles. The van der Waals surface area contributed by atoms with Gasteiger partial charge in [0.25, 0.3) is 0 Å². The van der Waals surface area contributed by atoms with E-state index in [0.29, 0.717) is 17.9 Å². The van der Waals surface area contributed by atoms with Gasteiger partial charge < -0.3 is 11.1 Å². The van der Waals surface area contributed by atoms with Crippen molar-refractivity contribution in [2.45, 2.75) is 89.1 Å². The van der Waals surface area contributed by atoms with Crippen LogP contribution in [0.3, 0.4) is 0 Å². The minimum Gasteiger partial charge on any atom is -0.330 e. The van der Waals surface area contributed by atoms with Crippen LogP contribution in [0.15, 0.2) is 53.4 Å². The lowest BCUT2D eigenvalue weighted by atomic mass is 9.91. The Bertz CT molecular complexity index is 925. The monoisotopic (exact) mass is 458 g/mol. The first-order valence-corrected chi connectivity index (χ1v) is 13.8.